The molecule has 0 bridgehead atoms. The molecule has 0 atom stereocenters. The molecule has 0 spiro atoms. The fourth-order valence-electron chi connectivity index (χ4n) is 1.76. The molecule has 6 heteroatoms. The monoisotopic (exact) mass is 292 g/mol. The Labute approximate surface area is 122 Å². The highest BCUT2D eigenvalue weighted by Gasteiger charge is 2.11. The van der Waals surface area contributed by atoms with Crippen molar-refractivity contribution in [3.63, 3.8) is 0 Å². The fraction of sp³-hybridized carbons (Fsp3) is 0.500. The Morgan fingerprint density at radius 3 is 2.95 bits per heavy atom. The number of H-pyrrole nitrogens is 1. The summed E-state index contributed by atoms with van der Waals surface area (Å²) in [7, 11) is 0. The maximum absolute atomic E-state index is 11.9. The minimum Gasteiger partial charge on any atom is -0.362 e. The third-order valence-corrected chi connectivity index (χ3v) is 3.80. The normalized spacial score (nSPS) is 11.0. The summed E-state index contributed by atoms with van der Waals surface area (Å²) in [6.45, 7) is 7.15. The SMILES string of the molecule is CCCCNc1nc(-c2cc(C(C)C)n[nH]c2=O)cs1. The van der Waals surface area contributed by atoms with E-state index in [1.54, 1.807) is 0 Å². The molecule has 20 heavy (non-hydrogen) atoms. The maximum atomic E-state index is 11.9. The van der Waals surface area contributed by atoms with Gasteiger partial charge in [0.25, 0.3) is 5.56 Å². The Kier molecular flexibility index (Phi) is 4.89. The average molecular weight is 292 g/mol. The third-order valence-electron chi connectivity index (χ3n) is 3.00. The van der Waals surface area contributed by atoms with E-state index in [9.17, 15) is 4.79 Å². The van der Waals surface area contributed by atoms with Crippen LogP contribution >= 0.6 is 11.3 Å². The van der Waals surface area contributed by atoms with Gasteiger partial charge in [-0.1, -0.05) is 27.2 Å². The molecule has 0 aliphatic carbocycles. The van der Waals surface area contributed by atoms with Crippen LogP contribution in [-0.4, -0.2) is 21.7 Å². The third kappa shape index (κ3) is 3.45. The van der Waals surface area contributed by atoms with Gasteiger partial charge in [-0.3, -0.25) is 4.79 Å². The molecule has 2 N–H and O–H groups in total. The molecule has 2 heterocycles. The Bertz CT molecular complexity index is 618. The lowest BCUT2D eigenvalue weighted by Gasteiger charge is -2.04. The number of nitrogens with zero attached hydrogens (tertiary/aromatic N) is 2. The second kappa shape index (κ2) is 6.65. The Morgan fingerprint density at radius 2 is 2.25 bits per heavy atom. The lowest BCUT2D eigenvalue weighted by molar-refractivity contribution is 0.778. The molecule has 0 radical (unpaired) electrons. The summed E-state index contributed by atoms with van der Waals surface area (Å²) >= 11 is 1.52. The highest BCUT2D eigenvalue weighted by Crippen LogP contribution is 2.23. The molecule has 0 amide bonds. The van der Waals surface area contributed by atoms with Gasteiger partial charge in [-0.15, -0.1) is 11.3 Å². The lowest BCUT2D eigenvalue weighted by atomic mass is 10.1. The van der Waals surface area contributed by atoms with Gasteiger partial charge >= 0.3 is 0 Å². The van der Waals surface area contributed by atoms with Crippen molar-refractivity contribution in [2.24, 2.45) is 0 Å². The van der Waals surface area contributed by atoms with Crippen molar-refractivity contribution >= 4 is 16.5 Å². The number of hydrogen-bond acceptors (Lipinski definition) is 5. The van der Waals surface area contributed by atoms with Crippen molar-refractivity contribution < 1.29 is 0 Å². The van der Waals surface area contributed by atoms with E-state index >= 15 is 0 Å². The minimum absolute atomic E-state index is 0.195. The second-order valence-corrected chi connectivity index (χ2v) is 5.87. The Hall–Kier alpha value is -1.69. The van der Waals surface area contributed by atoms with Crippen molar-refractivity contribution in [1.82, 2.24) is 15.2 Å². The number of anilines is 1. The molecule has 2 aromatic heterocycles. The number of hydrogen-bond donors (Lipinski definition) is 2. The number of rotatable bonds is 6. The zero-order chi connectivity index (χ0) is 14.5. The molecular formula is C14H20N4OS. The van der Waals surface area contributed by atoms with Gasteiger partial charge in [0.1, 0.15) is 0 Å². The molecular weight excluding hydrogens is 272 g/mol. The van der Waals surface area contributed by atoms with E-state index in [1.807, 2.05) is 25.3 Å². The van der Waals surface area contributed by atoms with Gasteiger partial charge in [-0.2, -0.15) is 5.10 Å². The standard InChI is InChI=1S/C14H20N4OS/c1-4-5-6-15-14-16-12(8-20-14)10-7-11(9(2)3)17-18-13(10)19/h7-9H,4-6H2,1-3H3,(H,15,16)(H,18,19). The van der Waals surface area contributed by atoms with Crippen LogP contribution in [0.4, 0.5) is 5.13 Å². The van der Waals surface area contributed by atoms with Crippen LogP contribution in [0.25, 0.3) is 11.3 Å². The maximum Gasteiger partial charge on any atom is 0.273 e. The van der Waals surface area contributed by atoms with Gasteiger partial charge in [0.2, 0.25) is 0 Å². The van der Waals surface area contributed by atoms with E-state index in [0.29, 0.717) is 11.3 Å². The van der Waals surface area contributed by atoms with E-state index in [1.165, 1.54) is 11.3 Å². The molecule has 2 rings (SSSR count). The Morgan fingerprint density at radius 1 is 1.45 bits per heavy atom. The smallest absolute Gasteiger partial charge is 0.273 e. The summed E-state index contributed by atoms with van der Waals surface area (Å²) in [5, 5.41) is 12.6. The number of aromatic amines is 1. The molecule has 0 aliphatic heterocycles. The van der Waals surface area contributed by atoms with Gasteiger partial charge in [0.05, 0.1) is 17.0 Å². The number of unbranched alkanes of at least 4 members (excludes halogenated alkanes) is 1. The summed E-state index contributed by atoms with van der Waals surface area (Å²) in [6.07, 6.45) is 2.26. The summed E-state index contributed by atoms with van der Waals surface area (Å²) in [4.78, 5) is 16.4. The highest BCUT2D eigenvalue weighted by molar-refractivity contribution is 7.14. The minimum atomic E-state index is -0.195. The lowest BCUT2D eigenvalue weighted by Crippen LogP contribution is -2.13. The quantitative estimate of drug-likeness (QED) is 0.802. The van der Waals surface area contributed by atoms with Gasteiger partial charge in [0.15, 0.2) is 5.13 Å². The first-order valence-corrected chi connectivity index (χ1v) is 7.79. The molecule has 0 aliphatic rings. The van der Waals surface area contributed by atoms with E-state index < -0.39 is 0 Å². The van der Waals surface area contributed by atoms with Crippen LogP contribution < -0.4 is 10.9 Å². The summed E-state index contributed by atoms with van der Waals surface area (Å²) in [5.74, 6) is 0.270. The van der Waals surface area contributed by atoms with Gasteiger partial charge in [-0.05, 0) is 18.4 Å². The molecule has 2 aromatic rings. The van der Waals surface area contributed by atoms with Crippen LogP contribution in [0.3, 0.4) is 0 Å². The molecule has 0 unspecified atom stereocenters. The zero-order valence-electron chi connectivity index (χ0n) is 12.1. The first-order valence-electron chi connectivity index (χ1n) is 6.91. The molecule has 108 valence electrons. The summed E-state index contributed by atoms with van der Waals surface area (Å²) in [5.41, 5.74) is 1.97. The molecule has 0 fully saturated rings. The second-order valence-electron chi connectivity index (χ2n) is 5.01. The van der Waals surface area contributed by atoms with Crippen LogP contribution in [0, 0.1) is 0 Å². The number of aromatic nitrogens is 3. The predicted molar refractivity (Wildman–Crippen MR) is 83.5 cm³/mol. The van der Waals surface area contributed by atoms with E-state index in [2.05, 4.69) is 27.4 Å². The summed E-state index contributed by atoms with van der Waals surface area (Å²) < 4.78 is 0. The topological polar surface area (TPSA) is 70.7 Å². The van der Waals surface area contributed by atoms with Crippen LogP contribution in [-0.2, 0) is 0 Å². The van der Waals surface area contributed by atoms with Gasteiger partial charge < -0.3 is 5.32 Å². The van der Waals surface area contributed by atoms with Crippen LogP contribution in [0.1, 0.15) is 45.2 Å². The van der Waals surface area contributed by atoms with Crippen LogP contribution in [0.15, 0.2) is 16.2 Å². The van der Waals surface area contributed by atoms with E-state index in [-0.39, 0.29) is 11.5 Å². The average Bonchev–Trinajstić information content (AvgIpc) is 2.88. The Balaban J connectivity index is 2.23. The van der Waals surface area contributed by atoms with Gasteiger partial charge in [0, 0.05) is 11.9 Å². The van der Waals surface area contributed by atoms with E-state index in [4.69, 9.17) is 0 Å². The molecule has 5 nitrogen and oxygen atoms in total. The van der Waals surface area contributed by atoms with Crippen molar-refractivity contribution in [3.05, 3.63) is 27.5 Å². The first-order chi connectivity index (χ1) is 9.61. The molecule has 0 saturated carbocycles. The fourth-order valence-corrected chi connectivity index (χ4v) is 2.50. The van der Waals surface area contributed by atoms with Crippen molar-refractivity contribution in [1.29, 1.82) is 0 Å². The van der Waals surface area contributed by atoms with Crippen LogP contribution in [0.5, 0.6) is 0 Å². The van der Waals surface area contributed by atoms with Crippen molar-refractivity contribution in [3.8, 4) is 11.3 Å². The summed E-state index contributed by atoms with van der Waals surface area (Å²) in [6, 6.07) is 1.83. The zero-order valence-corrected chi connectivity index (χ0v) is 12.9. The van der Waals surface area contributed by atoms with Gasteiger partial charge in [-0.25, -0.2) is 10.1 Å². The predicted octanol–water partition coefficient (Wildman–Crippen LogP) is 3.23. The molecule has 0 saturated heterocycles. The first kappa shape index (κ1) is 14.7. The van der Waals surface area contributed by atoms with Crippen LogP contribution in [0.2, 0.25) is 0 Å². The van der Waals surface area contributed by atoms with E-state index in [0.717, 1.165) is 30.2 Å². The van der Waals surface area contributed by atoms with Crippen molar-refractivity contribution in [2.45, 2.75) is 39.5 Å². The number of nitrogens with one attached hydrogen (secondary N) is 2. The molecule has 0 aromatic carbocycles. The highest BCUT2D eigenvalue weighted by atomic mass is 32.1. The number of thiazole rings is 1. The van der Waals surface area contributed by atoms with Crippen molar-refractivity contribution in [2.75, 3.05) is 11.9 Å². The largest absolute Gasteiger partial charge is 0.362 e.